The molecule has 0 aliphatic carbocycles. The van der Waals surface area contributed by atoms with Crippen LogP contribution in [0.4, 0.5) is 11.4 Å². The van der Waals surface area contributed by atoms with E-state index >= 15 is 0 Å². The molecule has 0 saturated carbocycles. The highest BCUT2D eigenvalue weighted by Gasteiger charge is 2.24. The first-order valence-electron chi connectivity index (χ1n) is 9.84. The summed E-state index contributed by atoms with van der Waals surface area (Å²) in [4.78, 5) is 17.9. The van der Waals surface area contributed by atoms with Gasteiger partial charge in [0.25, 0.3) is 10.0 Å². The van der Waals surface area contributed by atoms with Gasteiger partial charge in [-0.1, -0.05) is 25.1 Å². The maximum Gasteiger partial charge on any atom is 0.335 e. The van der Waals surface area contributed by atoms with Gasteiger partial charge in [-0.2, -0.15) is 0 Å². The van der Waals surface area contributed by atoms with Crippen LogP contribution in [-0.2, 0) is 10.0 Å². The van der Waals surface area contributed by atoms with Crippen LogP contribution in [0.2, 0.25) is 0 Å². The van der Waals surface area contributed by atoms with Crippen LogP contribution in [0.15, 0.2) is 59.6 Å². The summed E-state index contributed by atoms with van der Waals surface area (Å²) in [5.74, 6) is -0.498. The van der Waals surface area contributed by atoms with Crippen molar-refractivity contribution in [1.82, 2.24) is 4.98 Å². The Balaban J connectivity index is 1.77. The predicted octanol–water partition coefficient (Wildman–Crippen LogP) is 3.97. The molecule has 1 aliphatic rings. The topological polar surface area (TPSA) is 99.6 Å². The Morgan fingerprint density at radius 2 is 1.87 bits per heavy atom. The van der Waals surface area contributed by atoms with Crippen LogP contribution in [0, 0.1) is 5.92 Å². The standard InChI is InChI=1S/C22H23N3O4S/c1-15-9-12-25(13-10-15)19-8-7-17(22(26)27)14-18(19)24-30(28,29)20-6-2-4-16-5-3-11-23-21(16)20/h2-8,11,14-15,24H,9-10,12-13H2,1H3,(H,26,27). The highest BCUT2D eigenvalue weighted by atomic mass is 32.2. The molecule has 1 aliphatic heterocycles. The van der Waals surface area contributed by atoms with Crippen LogP contribution in [0.3, 0.4) is 0 Å². The Bertz CT molecular complexity index is 1200. The Labute approximate surface area is 175 Å². The molecule has 0 atom stereocenters. The quantitative estimate of drug-likeness (QED) is 0.642. The molecule has 0 unspecified atom stereocenters. The van der Waals surface area contributed by atoms with Crippen molar-refractivity contribution in [3.8, 4) is 0 Å². The number of carboxylic acids is 1. The van der Waals surface area contributed by atoms with Crippen LogP contribution in [-0.4, -0.2) is 37.6 Å². The number of anilines is 2. The van der Waals surface area contributed by atoms with Crippen molar-refractivity contribution < 1.29 is 18.3 Å². The smallest absolute Gasteiger partial charge is 0.335 e. The molecule has 0 amide bonds. The maximum absolute atomic E-state index is 13.3. The summed E-state index contributed by atoms with van der Waals surface area (Å²) >= 11 is 0. The molecule has 156 valence electrons. The lowest BCUT2D eigenvalue weighted by molar-refractivity contribution is 0.0697. The van der Waals surface area contributed by atoms with Crippen molar-refractivity contribution in [2.24, 2.45) is 5.92 Å². The lowest BCUT2D eigenvalue weighted by Crippen LogP contribution is -2.33. The summed E-state index contributed by atoms with van der Waals surface area (Å²) in [5, 5.41) is 10.1. The van der Waals surface area contributed by atoms with Crippen molar-refractivity contribution in [2.75, 3.05) is 22.7 Å². The Kier molecular flexibility index (Phi) is 5.34. The molecule has 2 heterocycles. The first-order chi connectivity index (χ1) is 14.3. The summed E-state index contributed by atoms with van der Waals surface area (Å²) in [6, 6.07) is 13.1. The summed E-state index contributed by atoms with van der Waals surface area (Å²) in [5.41, 5.74) is 1.34. The molecule has 1 saturated heterocycles. The zero-order valence-electron chi connectivity index (χ0n) is 16.6. The van der Waals surface area contributed by atoms with Gasteiger partial charge < -0.3 is 10.0 Å². The van der Waals surface area contributed by atoms with Crippen molar-refractivity contribution in [1.29, 1.82) is 0 Å². The van der Waals surface area contributed by atoms with Gasteiger partial charge in [-0.3, -0.25) is 9.71 Å². The minimum Gasteiger partial charge on any atom is -0.478 e. The normalized spacial score (nSPS) is 15.3. The van der Waals surface area contributed by atoms with Gasteiger partial charge in [0.05, 0.1) is 22.5 Å². The van der Waals surface area contributed by atoms with Crippen LogP contribution >= 0.6 is 0 Å². The van der Waals surface area contributed by atoms with E-state index in [2.05, 4.69) is 21.5 Å². The van der Waals surface area contributed by atoms with E-state index in [0.717, 1.165) is 25.9 Å². The van der Waals surface area contributed by atoms with E-state index in [1.54, 1.807) is 36.5 Å². The molecular weight excluding hydrogens is 402 g/mol. The third kappa shape index (κ3) is 3.95. The lowest BCUT2D eigenvalue weighted by atomic mass is 9.98. The number of nitrogens with one attached hydrogen (secondary N) is 1. The summed E-state index contributed by atoms with van der Waals surface area (Å²) in [6.45, 7) is 3.78. The van der Waals surface area contributed by atoms with Crippen LogP contribution < -0.4 is 9.62 Å². The number of para-hydroxylation sites is 1. The molecule has 4 rings (SSSR count). The first kappa shape index (κ1) is 20.2. The Morgan fingerprint density at radius 1 is 1.13 bits per heavy atom. The number of carboxylic acid groups (broad SMARTS) is 1. The van der Waals surface area contributed by atoms with Gasteiger partial charge in [0.15, 0.2) is 0 Å². The molecule has 0 bridgehead atoms. The Hall–Kier alpha value is -3.13. The Morgan fingerprint density at radius 3 is 2.60 bits per heavy atom. The number of hydrogen-bond donors (Lipinski definition) is 2. The van der Waals surface area contributed by atoms with Crippen molar-refractivity contribution >= 4 is 38.3 Å². The number of rotatable bonds is 5. The number of aromatic carboxylic acids is 1. The van der Waals surface area contributed by atoms with E-state index in [9.17, 15) is 18.3 Å². The maximum atomic E-state index is 13.3. The summed E-state index contributed by atoms with van der Waals surface area (Å²) in [6.07, 6.45) is 3.55. The van der Waals surface area contributed by atoms with Crippen molar-refractivity contribution in [3.05, 3.63) is 60.3 Å². The zero-order chi connectivity index (χ0) is 21.3. The van der Waals surface area contributed by atoms with Gasteiger partial charge in [-0.15, -0.1) is 0 Å². The number of sulfonamides is 1. The number of carbonyl (C=O) groups is 1. The molecule has 1 fully saturated rings. The molecule has 8 heteroatoms. The average Bonchev–Trinajstić information content (AvgIpc) is 2.73. The van der Waals surface area contributed by atoms with Crippen molar-refractivity contribution in [2.45, 2.75) is 24.7 Å². The molecule has 3 aromatic rings. The monoisotopic (exact) mass is 425 g/mol. The number of fused-ring (bicyclic) bond motifs is 1. The second kappa shape index (κ2) is 7.95. The van der Waals surface area contributed by atoms with E-state index in [-0.39, 0.29) is 16.1 Å². The molecular formula is C22H23N3O4S. The van der Waals surface area contributed by atoms with Crippen LogP contribution in [0.25, 0.3) is 10.9 Å². The third-order valence-electron chi connectivity index (χ3n) is 5.50. The third-order valence-corrected chi connectivity index (χ3v) is 6.89. The second-order valence-electron chi connectivity index (χ2n) is 7.64. The molecule has 1 aromatic heterocycles. The van der Waals surface area contributed by atoms with Gasteiger partial charge in [0.2, 0.25) is 0 Å². The fraction of sp³-hybridized carbons (Fsp3) is 0.273. The molecule has 7 nitrogen and oxygen atoms in total. The lowest BCUT2D eigenvalue weighted by Gasteiger charge is -2.33. The van der Waals surface area contributed by atoms with Crippen LogP contribution in [0.1, 0.15) is 30.1 Å². The second-order valence-corrected chi connectivity index (χ2v) is 9.29. The summed E-state index contributed by atoms with van der Waals surface area (Å²) in [7, 11) is -3.99. The average molecular weight is 426 g/mol. The van der Waals surface area contributed by atoms with Gasteiger partial charge >= 0.3 is 5.97 Å². The van der Waals surface area contributed by atoms with E-state index in [1.807, 2.05) is 0 Å². The van der Waals surface area contributed by atoms with Gasteiger partial charge in [0, 0.05) is 24.7 Å². The largest absolute Gasteiger partial charge is 0.478 e. The number of aromatic nitrogens is 1. The predicted molar refractivity (Wildman–Crippen MR) is 117 cm³/mol. The number of nitrogens with zero attached hydrogens (tertiary/aromatic N) is 2. The number of hydrogen-bond acceptors (Lipinski definition) is 5. The van der Waals surface area contributed by atoms with Crippen LogP contribution in [0.5, 0.6) is 0 Å². The van der Waals surface area contributed by atoms with Gasteiger partial charge in [-0.25, -0.2) is 13.2 Å². The van der Waals surface area contributed by atoms with Gasteiger partial charge in [0.1, 0.15) is 4.90 Å². The van der Waals surface area contributed by atoms with E-state index < -0.39 is 16.0 Å². The SMILES string of the molecule is CC1CCN(c2ccc(C(=O)O)cc2NS(=O)(=O)c2cccc3cccnc23)CC1. The number of piperidine rings is 1. The molecule has 30 heavy (non-hydrogen) atoms. The highest BCUT2D eigenvalue weighted by molar-refractivity contribution is 7.93. The van der Waals surface area contributed by atoms with Gasteiger partial charge in [-0.05, 0) is 49.1 Å². The summed E-state index contributed by atoms with van der Waals surface area (Å²) < 4.78 is 29.2. The molecule has 2 aromatic carbocycles. The van der Waals surface area contributed by atoms with E-state index in [1.165, 1.54) is 18.2 Å². The molecule has 2 N–H and O–H groups in total. The molecule has 0 radical (unpaired) electrons. The fourth-order valence-corrected chi connectivity index (χ4v) is 5.01. The molecule has 0 spiro atoms. The number of benzene rings is 2. The van der Waals surface area contributed by atoms with E-state index in [4.69, 9.17) is 0 Å². The fourth-order valence-electron chi connectivity index (χ4n) is 3.77. The zero-order valence-corrected chi connectivity index (χ0v) is 17.4. The minimum atomic E-state index is -3.99. The highest BCUT2D eigenvalue weighted by Crippen LogP contribution is 2.33. The van der Waals surface area contributed by atoms with Crippen molar-refractivity contribution in [3.63, 3.8) is 0 Å². The first-order valence-corrected chi connectivity index (χ1v) is 11.3. The minimum absolute atomic E-state index is 0.0258. The van der Waals surface area contributed by atoms with E-state index in [0.29, 0.717) is 22.5 Å². The number of pyridine rings is 1.